The van der Waals surface area contributed by atoms with Crippen LogP contribution in [0.3, 0.4) is 0 Å². The van der Waals surface area contributed by atoms with Crippen molar-refractivity contribution in [2.24, 2.45) is 5.92 Å². The number of thiophene rings is 1. The minimum Gasteiger partial charge on any atom is -0.376 e. The lowest BCUT2D eigenvalue weighted by molar-refractivity contribution is -0.119. The summed E-state index contributed by atoms with van der Waals surface area (Å²) in [5.41, 5.74) is 1.46. The molecule has 2 aromatic rings. The highest BCUT2D eigenvalue weighted by Crippen LogP contribution is 2.20. The van der Waals surface area contributed by atoms with Gasteiger partial charge in [-0.3, -0.25) is 9.69 Å². The molecule has 0 radical (unpaired) electrons. The summed E-state index contributed by atoms with van der Waals surface area (Å²) in [5, 5.41) is 17.1. The summed E-state index contributed by atoms with van der Waals surface area (Å²) >= 11 is 1.81. The van der Waals surface area contributed by atoms with Crippen LogP contribution in [0.15, 0.2) is 41.8 Å². The lowest BCUT2D eigenvalue weighted by Crippen LogP contribution is -2.41. The van der Waals surface area contributed by atoms with Crippen molar-refractivity contribution in [2.45, 2.75) is 19.4 Å². The molecule has 1 aliphatic rings. The number of piperidine rings is 1. The molecule has 0 saturated carbocycles. The smallest absolute Gasteiger partial charge is 0.239 e. The van der Waals surface area contributed by atoms with Crippen molar-refractivity contribution in [3.8, 4) is 6.07 Å². The number of rotatable bonds is 7. The molecule has 5 nitrogen and oxygen atoms in total. The number of carbonyl (C=O) groups excluding carboxylic acids is 1. The van der Waals surface area contributed by atoms with E-state index in [2.05, 4.69) is 39.1 Å². The van der Waals surface area contributed by atoms with E-state index >= 15 is 0 Å². The maximum Gasteiger partial charge on any atom is 0.239 e. The summed E-state index contributed by atoms with van der Waals surface area (Å²) in [5.74, 6) is 0.521. The van der Waals surface area contributed by atoms with Crippen LogP contribution in [0.5, 0.6) is 0 Å². The number of nitriles is 1. The topological polar surface area (TPSA) is 68.2 Å². The first-order valence-corrected chi connectivity index (χ1v) is 9.86. The molecule has 2 heterocycles. The van der Waals surface area contributed by atoms with E-state index in [1.165, 1.54) is 17.7 Å². The molecule has 26 heavy (non-hydrogen) atoms. The van der Waals surface area contributed by atoms with Crippen LogP contribution in [0, 0.1) is 17.2 Å². The molecule has 0 spiro atoms. The molecule has 0 aliphatic carbocycles. The predicted octanol–water partition coefficient (Wildman–Crippen LogP) is 3.06. The van der Waals surface area contributed by atoms with Crippen molar-refractivity contribution >= 4 is 22.9 Å². The molecule has 1 saturated heterocycles. The second-order valence-electron chi connectivity index (χ2n) is 6.67. The van der Waals surface area contributed by atoms with E-state index in [0.717, 1.165) is 31.9 Å². The van der Waals surface area contributed by atoms with E-state index in [0.29, 0.717) is 11.5 Å². The second kappa shape index (κ2) is 9.37. The number of likely N-dealkylation sites (tertiary alicyclic amines) is 1. The Morgan fingerprint density at radius 1 is 1.31 bits per heavy atom. The Labute approximate surface area is 158 Å². The van der Waals surface area contributed by atoms with Gasteiger partial charge in [-0.15, -0.1) is 11.3 Å². The summed E-state index contributed by atoms with van der Waals surface area (Å²) in [6.45, 7) is 4.18. The SMILES string of the molecule is N#Cc1ccc(NCC(=O)NCC2CCCN(Cc3cccs3)C2)cc1. The highest BCUT2D eigenvalue weighted by Gasteiger charge is 2.20. The maximum absolute atomic E-state index is 12.1. The minimum atomic E-state index is 0.00439. The Balaban J connectivity index is 1.37. The first-order valence-electron chi connectivity index (χ1n) is 8.98. The van der Waals surface area contributed by atoms with E-state index in [4.69, 9.17) is 5.26 Å². The van der Waals surface area contributed by atoms with Crippen LogP contribution < -0.4 is 10.6 Å². The maximum atomic E-state index is 12.1. The van der Waals surface area contributed by atoms with E-state index in [9.17, 15) is 4.79 Å². The van der Waals surface area contributed by atoms with Crippen molar-refractivity contribution in [1.29, 1.82) is 5.26 Å². The molecule has 6 heteroatoms. The highest BCUT2D eigenvalue weighted by molar-refractivity contribution is 7.09. The number of hydrogen-bond donors (Lipinski definition) is 2. The summed E-state index contributed by atoms with van der Waals surface area (Å²) in [4.78, 5) is 16.0. The zero-order valence-corrected chi connectivity index (χ0v) is 15.6. The molecule has 136 valence electrons. The average molecular weight is 369 g/mol. The zero-order chi connectivity index (χ0) is 18.2. The normalized spacial score (nSPS) is 17.4. The van der Waals surface area contributed by atoms with Crippen LogP contribution in [-0.2, 0) is 11.3 Å². The molecule has 1 unspecified atom stereocenters. The fourth-order valence-electron chi connectivity index (χ4n) is 3.25. The number of carbonyl (C=O) groups is 1. The van der Waals surface area contributed by atoms with Gasteiger partial charge in [0.15, 0.2) is 0 Å². The van der Waals surface area contributed by atoms with Gasteiger partial charge in [0.25, 0.3) is 0 Å². The predicted molar refractivity (Wildman–Crippen MR) is 105 cm³/mol. The lowest BCUT2D eigenvalue weighted by atomic mass is 9.98. The van der Waals surface area contributed by atoms with Gasteiger partial charge in [0.2, 0.25) is 5.91 Å². The van der Waals surface area contributed by atoms with E-state index in [-0.39, 0.29) is 12.5 Å². The third-order valence-electron chi connectivity index (χ3n) is 4.62. The van der Waals surface area contributed by atoms with Crippen molar-refractivity contribution < 1.29 is 4.79 Å². The third kappa shape index (κ3) is 5.58. The molecule has 1 aliphatic heterocycles. The van der Waals surface area contributed by atoms with E-state index in [1.807, 2.05) is 12.1 Å². The molecule has 3 rings (SSSR count). The zero-order valence-electron chi connectivity index (χ0n) is 14.8. The van der Waals surface area contributed by atoms with Crippen LogP contribution >= 0.6 is 11.3 Å². The van der Waals surface area contributed by atoms with Crippen molar-refractivity contribution in [2.75, 3.05) is 31.5 Å². The van der Waals surface area contributed by atoms with Gasteiger partial charge in [-0.25, -0.2) is 0 Å². The number of anilines is 1. The third-order valence-corrected chi connectivity index (χ3v) is 5.48. The molecule has 1 fully saturated rings. The Hall–Kier alpha value is -2.36. The number of amides is 1. The summed E-state index contributed by atoms with van der Waals surface area (Å²) in [7, 11) is 0. The van der Waals surface area contributed by atoms with Gasteiger partial charge in [-0.1, -0.05) is 6.07 Å². The van der Waals surface area contributed by atoms with E-state index in [1.54, 1.807) is 23.5 Å². The average Bonchev–Trinajstić information content (AvgIpc) is 3.18. The van der Waals surface area contributed by atoms with Gasteiger partial charge in [0, 0.05) is 30.2 Å². The minimum absolute atomic E-state index is 0.00439. The number of nitrogens with zero attached hydrogens (tertiary/aromatic N) is 2. The van der Waals surface area contributed by atoms with Gasteiger partial charge < -0.3 is 10.6 Å². The van der Waals surface area contributed by atoms with Gasteiger partial charge in [-0.05, 0) is 61.0 Å². The summed E-state index contributed by atoms with van der Waals surface area (Å²) < 4.78 is 0. The quantitative estimate of drug-likeness (QED) is 0.788. The fourth-order valence-corrected chi connectivity index (χ4v) is 4.00. The number of benzene rings is 1. The fraction of sp³-hybridized carbons (Fsp3) is 0.400. The summed E-state index contributed by atoms with van der Waals surface area (Å²) in [6.07, 6.45) is 2.36. The first kappa shape index (κ1) is 18.4. The van der Waals surface area contributed by atoms with Gasteiger partial charge in [-0.2, -0.15) is 5.26 Å². The molecule has 1 aromatic heterocycles. The van der Waals surface area contributed by atoms with Crippen LogP contribution in [0.2, 0.25) is 0 Å². The van der Waals surface area contributed by atoms with Gasteiger partial charge in [0.05, 0.1) is 18.2 Å². The largest absolute Gasteiger partial charge is 0.376 e. The van der Waals surface area contributed by atoms with Crippen LogP contribution in [0.1, 0.15) is 23.3 Å². The molecule has 1 aromatic carbocycles. The Kier molecular flexibility index (Phi) is 6.64. The monoisotopic (exact) mass is 368 g/mol. The number of hydrogen-bond acceptors (Lipinski definition) is 5. The molecular formula is C20H24N4OS. The van der Waals surface area contributed by atoms with Crippen molar-refractivity contribution in [1.82, 2.24) is 10.2 Å². The standard InChI is InChI=1S/C20H24N4OS/c21-11-16-5-7-18(8-6-16)22-13-20(25)23-12-17-3-1-9-24(14-17)15-19-4-2-10-26-19/h2,4-8,10,17,22H,1,3,9,12-15H2,(H,23,25). The van der Waals surface area contributed by atoms with Crippen LogP contribution in [0.25, 0.3) is 0 Å². The molecule has 2 N–H and O–H groups in total. The van der Waals surface area contributed by atoms with E-state index < -0.39 is 0 Å². The van der Waals surface area contributed by atoms with Crippen LogP contribution in [-0.4, -0.2) is 37.0 Å². The van der Waals surface area contributed by atoms with Gasteiger partial charge in [0.1, 0.15) is 0 Å². The number of nitrogens with one attached hydrogen (secondary N) is 2. The van der Waals surface area contributed by atoms with Crippen molar-refractivity contribution in [3.05, 3.63) is 52.2 Å². The lowest BCUT2D eigenvalue weighted by Gasteiger charge is -2.32. The molecular weight excluding hydrogens is 344 g/mol. The second-order valence-corrected chi connectivity index (χ2v) is 7.70. The molecule has 1 atom stereocenters. The first-order chi connectivity index (χ1) is 12.7. The van der Waals surface area contributed by atoms with Crippen LogP contribution in [0.4, 0.5) is 5.69 Å². The Morgan fingerprint density at radius 3 is 2.88 bits per heavy atom. The summed E-state index contributed by atoms with van der Waals surface area (Å²) in [6, 6.07) is 13.5. The van der Waals surface area contributed by atoms with Crippen molar-refractivity contribution in [3.63, 3.8) is 0 Å². The Morgan fingerprint density at radius 2 is 2.15 bits per heavy atom. The highest BCUT2D eigenvalue weighted by atomic mass is 32.1. The van der Waals surface area contributed by atoms with Gasteiger partial charge >= 0.3 is 0 Å². The Bertz CT molecular complexity index is 736. The molecule has 0 bridgehead atoms. The molecule has 1 amide bonds.